The first-order valence-electron chi connectivity index (χ1n) is 30.0. The van der Waals surface area contributed by atoms with Crippen LogP contribution < -0.4 is 0 Å². The summed E-state index contributed by atoms with van der Waals surface area (Å²) in [6, 6.07) is 0. The van der Waals surface area contributed by atoms with Gasteiger partial charge in [0.1, 0.15) is 13.2 Å². The highest BCUT2D eigenvalue weighted by molar-refractivity contribution is 5.71. The summed E-state index contributed by atoms with van der Waals surface area (Å²) in [6.45, 7) is 6.40. The van der Waals surface area contributed by atoms with Crippen LogP contribution >= 0.6 is 0 Å². The van der Waals surface area contributed by atoms with Crippen LogP contribution in [0.4, 0.5) is 0 Å². The molecule has 0 rings (SSSR count). The van der Waals surface area contributed by atoms with E-state index in [9.17, 15) is 14.4 Å². The lowest BCUT2D eigenvalue weighted by molar-refractivity contribution is -0.167. The van der Waals surface area contributed by atoms with E-state index in [1.807, 2.05) is 0 Å². The highest BCUT2D eigenvalue weighted by Gasteiger charge is 2.19. The average molecular weight is 1010 g/mol. The Morgan fingerprint density at radius 2 is 0.534 bits per heavy atom. The zero-order valence-corrected chi connectivity index (χ0v) is 47.4. The van der Waals surface area contributed by atoms with Gasteiger partial charge in [-0.05, 0) is 116 Å². The highest BCUT2D eigenvalue weighted by Crippen LogP contribution is 2.14. The summed E-state index contributed by atoms with van der Waals surface area (Å²) in [6.07, 6.45) is 83.8. The summed E-state index contributed by atoms with van der Waals surface area (Å²) in [5.41, 5.74) is 0. The van der Waals surface area contributed by atoms with Gasteiger partial charge in [-0.1, -0.05) is 251 Å². The van der Waals surface area contributed by atoms with Gasteiger partial charge in [0.25, 0.3) is 0 Å². The minimum Gasteiger partial charge on any atom is -0.462 e. The Morgan fingerprint density at radius 1 is 0.288 bits per heavy atom. The van der Waals surface area contributed by atoms with Gasteiger partial charge in [0.2, 0.25) is 0 Å². The Kier molecular flexibility index (Phi) is 56.9. The van der Waals surface area contributed by atoms with Crippen LogP contribution in [0.3, 0.4) is 0 Å². The van der Waals surface area contributed by atoms with E-state index >= 15 is 0 Å². The van der Waals surface area contributed by atoms with Crippen molar-refractivity contribution in [2.75, 3.05) is 13.2 Å². The molecule has 0 fully saturated rings. The van der Waals surface area contributed by atoms with E-state index in [4.69, 9.17) is 14.2 Å². The molecule has 0 saturated heterocycles. The van der Waals surface area contributed by atoms with Gasteiger partial charge in [-0.25, -0.2) is 0 Å². The monoisotopic (exact) mass is 1010 g/mol. The summed E-state index contributed by atoms with van der Waals surface area (Å²) in [5.74, 6) is -0.947. The van der Waals surface area contributed by atoms with E-state index in [0.29, 0.717) is 19.3 Å². The zero-order valence-electron chi connectivity index (χ0n) is 47.4. The molecule has 0 aliphatic heterocycles. The topological polar surface area (TPSA) is 78.9 Å². The second-order valence-corrected chi connectivity index (χ2v) is 19.5. The van der Waals surface area contributed by atoms with Gasteiger partial charge in [-0.3, -0.25) is 14.4 Å². The minimum atomic E-state index is -0.794. The number of hydrogen-bond acceptors (Lipinski definition) is 6. The van der Waals surface area contributed by atoms with Crippen molar-refractivity contribution in [3.05, 3.63) is 122 Å². The first-order valence-corrected chi connectivity index (χ1v) is 30.0. The molecule has 0 aromatic rings. The summed E-state index contributed by atoms with van der Waals surface area (Å²) >= 11 is 0. The molecule has 0 aliphatic carbocycles. The third kappa shape index (κ3) is 58.6. The fourth-order valence-corrected chi connectivity index (χ4v) is 7.96. The Bertz CT molecular complexity index is 1540. The van der Waals surface area contributed by atoms with Crippen LogP contribution in [0.25, 0.3) is 0 Å². The van der Waals surface area contributed by atoms with Crippen molar-refractivity contribution in [1.82, 2.24) is 0 Å². The van der Waals surface area contributed by atoms with Gasteiger partial charge < -0.3 is 14.2 Å². The van der Waals surface area contributed by atoms with Gasteiger partial charge in [0.05, 0.1) is 0 Å². The molecule has 6 nitrogen and oxygen atoms in total. The number of allylic oxidation sites excluding steroid dienone is 20. The zero-order chi connectivity index (χ0) is 52.9. The fraction of sp³-hybridized carbons (Fsp3) is 0.657. The second-order valence-electron chi connectivity index (χ2n) is 19.5. The van der Waals surface area contributed by atoms with Crippen molar-refractivity contribution < 1.29 is 28.6 Å². The molecule has 0 amide bonds. The number of ether oxygens (including phenoxy) is 3. The third-order valence-electron chi connectivity index (χ3n) is 12.5. The molecule has 0 aromatic heterocycles. The number of hydrogen-bond donors (Lipinski definition) is 0. The molecule has 0 radical (unpaired) electrons. The molecular formula is C67H110O6. The summed E-state index contributed by atoms with van der Waals surface area (Å²) in [5, 5.41) is 0. The molecule has 0 aromatic carbocycles. The number of unbranched alkanes of at least 4 members (excludes halogenated alkanes) is 22. The lowest BCUT2D eigenvalue weighted by atomic mass is 10.0. The van der Waals surface area contributed by atoms with Gasteiger partial charge in [0, 0.05) is 19.3 Å². The summed E-state index contributed by atoms with van der Waals surface area (Å²) in [4.78, 5) is 37.9. The predicted octanol–water partition coefficient (Wildman–Crippen LogP) is 20.4. The predicted molar refractivity (Wildman–Crippen MR) is 316 cm³/mol. The second kappa shape index (κ2) is 60.4. The van der Waals surface area contributed by atoms with Crippen LogP contribution in [0, 0.1) is 0 Å². The number of rotatable bonds is 53. The van der Waals surface area contributed by atoms with E-state index in [-0.39, 0.29) is 31.1 Å². The van der Waals surface area contributed by atoms with Crippen molar-refractivity contribution in [2.45, 2.75) is 271 Å². The third-order valence-corrected chi connectivity index (χ3v) is 12.5. The molecule has 73 heavy (non-hydrogen) atoms. The molecule has 414 valence electrons. The van der Waals surface area contributed by atoms with E-state index in [0.717, 1.165) is 135 Å². The lowest BCUT2D eigenvalue weighted by Crippen LogP contribution is -2.30. The molecular weight excluding hydrogens is 901 g/mol. The average Bonchev–Trinajstić information content (AvgIpc) is 3.39. The van der Waals surface area contributed by atoms with Gasteiger partial charge in [-0.2, -0.15) is 0 Å². The van der Waals surface area contributed by atoms with Crippen molar-refractivity contribution in [3.8, 4) is 0 Å². The van der Waals surface area contributed by atoms with E-state index < -0.39 is 6.10 Å². The Morgan fingerprint density at radius 3 is 0.849 bits per heavy atom. The summed E-state index contributed by atoms with van der Waals surface area (Å²) in [7, 11) is 0. The normalized spacial score (nSPS) is 13.0. The number of carbonyl (C=O) groups excluding carboxylic acids is 3. The first kappa shape index (κ1) is 68.8. The van der Waals surface area contributed by atoms with Crippen LogP contribution in [0.5, 0.6) is 0 Å². The SMILES string of the molecule is CC/C=C\C/C=C\C/C=C\C/C=C\C/C=C\C/C=C\C/C=C\CCCCCC(=O)OCC(COC(=O)CCCCCCC)OC(=O)CCCCCCCCCCCC/C=C\C/C=C\C/C=C\CCCCCCC. The summed E-state index contributed by atoms with van der Waals surface area (Å²) < 4.78 is 16.7. The lowest BCUT2D eigenvalue weighted by Gasteiger charge is -2.18. The van der Waals surface area contributed by atoms with Crippen molar-refractivity contribution >= 4 is 17.9 Å². The van der Waals surface area contributed by atoms with Crippen LogP contribution in [0.1, 0.15) is 265 Å². The minimum absolute atomic E-state index is 0.0936. The van der Waals surface area contributed by atoms with Crippen LogP contribution in [0.2, 0.25) is 0 Å². The largest absolute Gasteiger partial charge is 0.462 e. The van der Waals surface area contributed by atoms with Crippen molar-refractivity contribution in [3.63, 3.8) is 0 Å². The Hall–Kier alpha value is -4.19. The molecule has 1 atom stereocenters. The quantitative estimate of drug-likeness (QED) is 0.0261. The van der Waals surface area contributed by atoms with E-state index in [2.05, 4.69) is 142 Å². The highest BCUT2D eigenvalue weighted by atomic mass is 16.6. The molecule has 0 heterocycles. The van der Waals surface area contributed by atoms with Gasteiger partial charge in [-0.15, -0.1) is 0 Å². The number of esters is 3. The molecule has 0 N–H and O–H groups in total. The maximum Gasteiger partial charge on any atom is 0.306 e. The van der Waals surface area contributed by atoms with Crippen LogP contribution in [0.15, 0.2) is 122 Å². The Labute approximate surface area is 450 Å². The molecule has 6 heteroatoms. The molecule has 0 bridgehead atoms. The first-order chi connectivity index (χ1) is 36.0. The maximum atomic E-state index is 12.8. The maximum absolute atomic E-state index is 12.8. The molecule has 0 spiro atoms. The standard InChI is InChI=1S/C67H110O6/c1-4-7-10-13-15-17-19-21-23-25-27-29-31-33-35-37-39-41-43-45-47-49-51-54-57-60-66(69)72-63-64(62-71-65(68)59-56-53-12-9-6-3)73-67(70)61-58-55-52-50-48-46-44-42-40-38-36-34-32-30-28-26-24-22-20-18-16-14-11-8-5-2/h7,10,15,17,20-23,26-29,32-35,39,41,45,47,64H,4-6,8-9,11-14,16,18-19,24-25,30-31,36-38,40,42-44,46,48-63H2,1-3H3/b10-7-,17-15-,22-20-,23-21-,28-26-,29-27-,34-32-,35-33-,41-39-,47-45-. The van der Waals surface area contributed by atoms with Crippen LogP contribution in [-0.4, -0.2) is 37.2 Å². The van der Waals surface area contributed by atoms with Crippen molar-refractivity contribution in [2.24, 2.45) is 0 Å². The van der Waals surface area contributed by atoms with Crippen LogP contribution in [-0.2, 0) is 28.6 Å². The van der Waals surface area contributed by atoms with E-state index in [1.54, 1.807) is 0 Å². The van der Waals surface area contributed by atoms with Gasteiger partial charge in [0.15, 0.2) is 6.10 Å². The molecule has 0 saturated carbocycles. The smallest absolute Gasteiger partial charge is 0.306 e. The Balaban J connectivity index is 4.19. The molecule has 0 aliphatic rings. The number of carbonyl (C=O) groups is 3. The fourth-order valence-electron chi connectivity index (χ4n) is 7.96. The van der Waals surface area contributed by atoms with E-state index in [1.165, 1.54) is 89.9 Å². The van der Waals surface area contributed by atoms with Gasteiger partial charge >= 0.3 is 17.9 Å². The van der Waals surface area contributed by atoms with Crippen molar-refractivity contribution in [1.29, 1.82) is 0 Å². The molecule has 1 unspecified atom stereocenters.